The molecule has 1 amide bonds. The van der Waals surface area contributed by atoms with E-state index in [0.29, 0.717) is 29.5 Å². The number of fused-ring (bicyclic) bond motifs is 1. The number of benzene rings is 2. The molecule has 0 saturated carbocycles. The van der Waals surface area contributed by atoms with Crippen molar-refractivity contribution in [3.8, 4) is 17.6 Å². The molecule has 7 heteroatoms. The van der Waals surface area contributed by atoms with Crippen LogP contribution in [0.25, 0.3) is 22.7 Å². The van der Waals surface area contributed by atoms with Crippen molar-refractivity contribution in [1.29, 1.82) is 5.26 Å². The van der Waals surface area contributed by atoms with Gasteiger partial charge < -0.3 is 20.2 Å². The molecule has 27 heavy (non-hydrogen) atoms. The summed E-state index contributed by atoms with van der Waals surface area (Å²) in [5.74, 6) is 0.799. The standard InChI is InChI=1S/C20H18N4O3/c1-2-26-18-10-13(7-8-17(18)27-12-19(22)25)9-14(11-21)20-23-15-5-3-4-6-16(15)24-20/h3-10H,2,12H2,1H3,(H2,22,25)(H,23,24)/b14-9+. The van der Waals surface area contributed by atoms with Gasteiger partial charge in [0.2, 0.25) is 0 Å². The second-order valence-corrected chi connectivity index (χ2v) is 5.67. The lowest BCUT2D eigenvalue weighted by Gasteiger charge is -2.11. The van der Waals surface area contributed by atoms with Crippen molar-refractivity contribution in [2.75, 3.05) is 13.2 Å². The van der Waals surface area contributed by atoms with E-state index < -0.39 is 5.91 Å². The number of nitrogens with one attached hydrogen (secondary N) is 1. The van der Waals surface area contributed by atoms with Gasteiger partial charge in [-0.2, -0.15) is 5.26 Å². The lowest BCUT2D eigenvalue weighted by molar-refractivity contribution is -0.119. The van der Waals surface area contributed by atoms with Crippen LogP contribution in [0.15, 0.2) is 42.5 Å². The van der Waals surface area contributed by atoms with Gasteiger partial charge in [-0.1, -0.05) is 18.2 Å². The van der Waals surface area contributed by atoms with E-state index in [-0.39, 0.29) is 6.61 Å². The molecule has 0 unspecified atom stereocenters. The summed E-state index contributed by atoms with van der Waals surface area (Å²) in [5, 5.41) is 9.55. The molecule has 3 rings (SSSR count). The first-order valence-corrected chi connectivity index (χ1v) is 8.35. The summed E-state index contributed by atoms with van der Waals surface area (Å²) in [4.78, 5) is 18.5. The number of H-pyrrole nitrogens is 1. The third-order valence-corrected chi connectivity index (χ3v) is 3.71. The number of carbonyl (C=O) groups is 1. The third kappa shape index (κ3) is 4.25. The molecule has 1 aromatic heterocycles. The highest BCUT2D eigenvalue weighted by atomic mass is 16.5. The fourth-order valence-corrected chi connectivity index (χ4v) is 2.55. The van der Waals surface area contributed by atoms with Crippen molar-refractivity contribution in [3.63, 3.8) is 0 Å². The molecular formula is C20H18N4O3. The normalized spacial score (nSPS) is 11.2. The van der Waals surface area contributed by atoms with Gasteiger partial charge in [0.25, 0.3) is 5.91 Å². The predicted molar refractivity (Wildman–Crippen MR) is 102 cm³/mol. The number of aromatic nitrogens is 2. The van der Waals surface area contributed by atoms with Gasteiger partial charge in [-0.15, -0.1) is 0 Å². The maximum Gasteiger partial charge on any atom is 0.255 e. The SMILES string of the molecule is CCOc1cc(/C=C(\C#N)c2nc3ccccc3[nH]2)ccc1OCC(N)=O. The average molecular weight is 362 g/mol. The minimum absolute atomic E-state index is 0.238. The molecule has 3 aromatic rings. The van der Waals surface area contributed by atoms with Gasteiger partial charge in [0.05, 0.1) is 23.2 Å². The van der Waals surface area contributed by atoms with Crippen LogP contribution in [-0.2, 0) is 4.79 Å². The smallest absolute Gasteiger partial charge is 0.255 e. The monoisotopic (exact) mass is 362 g/mol. The van der Waals surface area contributed by atoms with Crippen LogP contribution < -0.4 is 15.2 Å². The summed E-state index contributed by atoms with van der Waals surface area (Å²) in [6.45, 7) is 2.03. The third-order valence-electron chi connectivity index (χ3n) is 3.71. The highest BCUT2D eigenvalue weighted by Gasteiger charge is 2.10. The molecule has 3 N–H and O–H groups in total. The minimum Gasteiger partial charge on any atom is -0.490 e. The van der Waals surface area contributed by atoms with Gasteiger partial charge in [-0.05, 0) is 42.8 Å². The van der Waals surface area contributed by atoms with Gasteiger partial charge in [-0.25, -0.2) is 4.98 Å². The lowest BCUT2D eigenvalue weighted by atomic mass is 10.1. The van der Waals surface area contributed by atoms with Crippen LogP contribution in [0.5, 0.6) is 11.5 Å². The van der Waals surface area contributed by atoms with Gasteiger partial charge in [0.1, 0.15) is 11.9 Å². The number of nitriles is 1. The molecule has 136 valence electrons. The Kier molecular flexibility index (Phi) is 5.38. The second-order valence-electron chi connectivity index (χ2n) is 5.67. The summed E-state index contributed by atoms with van der Waals surface area (Å²) in [7, 11) is 0. The number of amides is 1. The molecule has 0 bridgehead atoms. The number of imidazole rings is 1. The Morgan fingerprint density at radius 2 is 2.07 bits per heavy atom. The number of aromatic amines is 1. The fraction of sp³-hybridized carbons (Fsp3) is 0.150. The molecule has 0 aliphatic heterocycles. The predicted octanol–water partition coefficient (Wildman–Crippen LogP) is 2.89. The Bertz CT molecular complexity index is 1010. The summed E-state index contributed by atoms with van der Waals surface area (Å²) in [6, 6.07) is 14.9. The molecule has 0 atom stereocenters. The molecule has 0 aliphatic rings. The van der Waals surface area contributed by atoms with Crippen LogP contribution in [0.1, 0.15) is 18.3 Å². The van der Waals surface area contributed by atoms with Gasteiger partial charge >= 0.3 is 0 Å². The van der Waals surface area contributed by atoms with Crippen LogP contribution >= 0.6 is 0 Å². The van der Waals surface area contributed by atoms with Crippen molar-refractivity contribution in [3.05, 3.63) is 53.9 Å². The average Bonchev–Trinajstić information content (AvgIpc) is 3.09. The van der Waals surface area contributed by atoms with Crippen LogP contribution in [0.3, 0.4) is 0 Å². The number of hydrogen-bond acceptors (Lipinski definition) is 5. The van der Waals surface area contributed by atoms with Crippen molar-refractivity contribution in [2.45, 2.75) is 6.92 Å². The number of rotatable bonds is 7. The molecule has 0 radical (unpaired) electrons. The Balaban J connectivity index is 1.94. The maximum atomic E-state index is 10.9. The molecule has 0 spiro atoms. The molecule has 2 aromatic carbocycles. The van der Waals surface area contributed by atoms with Gasteiger partial charge in [0.15, 0.2) is 18.1 Å². The highest BCUT2D eigenvalue weighted by molar-refractivity contribution is 5.90. The lowest BCUT2D eigenvalue weighted by Crippen LogP contribution is -2.20. The molecule has 1 heterocycles. The number of para-hydroxylation sites is 2. The van der Waals surface area contributed by atoms with Gasteiger partial charge in [0, 0.05) is 0 Å². The first-order valence-electron chi connectivity index (χ1n) is 8.35. The Morgan fingerprint density at radius 1 is 1.26 bits per heavy atom. The zero-order valence-corrected chi connectivity index (χ0v) is 14.7. The van der Waals surface area contributed by atoms with Crippen LogP contribution in [0.2, 0.25) is 0 Å². The van der Waals surface area contributed by atoms with E-state index in [1.165, 1.54) is 0 Å². The summed E-state index contributed by atoms with van der Waals surface area (Å²) >= 11 is 0. The molecule has 0 fully saturated rings. The molecular weight excluding hydrogens is 344 g/mol. The number of carbonyl (C=O) groups excluding carboxylic acids is 1. The molecule has 0 aliphatic carbocycles. The van der Waals surface area contributed by atoms with E-state index in [1.54, 1.807) is 24.3 Å². The second kappa shape index (κ2) is 8.06. The Labute approximate surface area is 156 Å². The number of nitrogens with zero attached hydrogens (tertiary/aromatic N) is 2. The maximum absolute atomic E-state index is 10.9. The Hall–Kier alpha value is -3.79. The fourth-order valence-electron chi connectivity index (χ4n) is 2.55. The topological polar surface area (TPSA) is 114 Å². The molecule has 0 saturated heterocycles. The number of allylic oxidation sites excluding steroid dienone is 1. The van der Waals surface area contributed by atoms with Crippen molar-refractivity contribution >= 4 is 28.6 Å². The number of ether oxygens (including phenoxy) is 2. The van der Waals surface area contributed by atoms with Gasteiger partial charge in [-0.3, -0.25) is 4.79 Å². The Morgan fingerprint density at radius 3 is 2.78 bits per heavy atom. The highest BCUT2D eigenvalue weighted by Crippen LogP contribution is 2.30. The number of primary amides is 1. The summed E-state index contributed by atoms with van der Waals surface area (Å²) in [5.41, 5.74) is 7.89. The van der Waals surface area contributed by atoms with E-state index in [9.17, 15) is 10.1 Å². The van der Waals surface area contributed by atoms with Crippen molar-refractivity contribution in [1.82, 2.24) is 9.97 Å². The molecule has 7 nitrogen and oxygen atoms in total. The zero-order valence-electron chi connectivity index (χ0n) is 14.7. The number of nitrogens with two attached hydrogens (primary N) is 1. The van der Waals surface area contributed by atoms with E-state index in [2.05, 4.69) is 16.0 Å². The summed E-state index contributed by atoms with van der Waals surface area (Å²) < 4.78 is 10.9. The summed E-state index contributed by atoms with van der Waals surface area (Å²) in [6.07, 6.45) is 1.71. The first-order chi connectivity index (χ1) is 13.1. The zero-order chi connectivity index (χ0) is 19.2. The van der Waals surface area contributed by atoms with E-state index in [0.717, 1.165) is 16.6 Å². The van der Waals surface area contributed by atoms with Crippen LogP contribution in [0, 0.1) is 11.3 Å². The minimum atomic E-state index is -0.571. The van der Waals surface area contributed by atoms with Crippen LogP contribution in [0.4, 0.5) is 0 Å². The van der Waals surface area contributed by atoms with Crippen molar-refractivity contribution < 1.29 is 14.3 Å². The quantitative estimate of drug-likeness (QED) is 0.627. The number of hydrogen-bond donors (Lipinski definition) is 2. The van der Waals surface area contributed by atoms with Crippen LogP contribution in [-0.4, -0.2) is 29.1 Å². The largest absolute Gasteiger partial charge is 0.490 e. The van der Waals surface area contributed by atoms with E-state index >= 15 is 0 Å². The van der Waals surface area contributed by atoms with E-state index in [4.69, 9.17) is 15.2 Å². The first kappa shape index (κ1) is 18.0. The van der Waals surface area contributed by atoms with E-state index in [1.807, 2.05) is 31.2 Å². The van der Waals surface area contributed by atoms with Crippen molar-refractivity contribution in [2.24, 2.45) is 5.73 Å².